The summed E-state index contributed by atoms with van der Waals surface area (Å²) in [5.41, 5.74) is 0. The third-order valence-corrected chi connectivity index (χ3v) is 4.68. The standard InChI is InChI=1S/C18H38N4O2/c1-5-22(6-2)16(3)14-21-18(19-4)20-10-7-11-24-15-17-8-12-23-13-9-17/h16-17H,5-15H2,1-4H3,(H2,19,20,21). The van der Waals surface area contributed by atoms with Gasteiger partial charge in [0.15, 0.2) is 5.96 Å². The molecule has 0 aromatic carbocycles. The highest BCUT2D eigenvalue weighted by molar-refractivity contribution is 5.79. The third kappa shape index (κ3) is 8.85. The molecule has 0 saturated carbocycles. The van der Waals surface area contributed by atoms with Crippen molar-refractivity contribution in [2.24, 2.45) is 10.9 Å². The van der Waals surface area contributed by atoms with Gasteiger partial charge < -0.3 is 20.1 Å². The number of hydrogen-bond acceptors (Lipinski definition) is 4. The van der Waals surface area contributed by atoms with E-state index in [0.717, 1.165) is 77.8 Å². The van der Waals surface area contributed by atoms with Gasteiger partial charge in [0.05, 0.1) is 0 Å². The van der Waals surface area contributed by atoms with Crippen LogP contribution in [0.1, 0.15) is 40.0 Å². The number of nitrogens with one attached hydrogen (secondary N) is 2. The van der Waals surface area contributed by atoms with Crippen molar-refractivity contribution < 1.29 is 9.47 Å². The average Bonchev–Trinajstić information content (AvgIpc) is 2.62. The van der Waals surface area contributed by atoms with E-state index in [4.69, 9.17) is 9.47 Å². The van der Waals surface area contributed by atoms with E-state index < -0.39 is 0 Å². The first-order valence-electron chi connectivity index (χ1n) is 9.55. The molecule has 24 heavy (non-hydrogen) atoms. The Bertz CT molecular complexity index is 329. The molecule has 1 atom stereocenters. The molecule has 6 heteroatoms. The van der Waals surface area contributed by atoms with Crippen LogP contribution in [0.4, 0.5) is 0 Å². The lowest BCUT2D eigenvalue weighted by Gasteiger charge is -2.27. The van der Waals surface area contributed by atoms with E-state index in [1.54, 1.807) is 0 Å². The summed E-state index contributed by atoms with van der Waals surface area (Å²) in [6.07, 6.45) is 3.27. The molecule has 0 amide bonds. The van der Waals surface area contributed by atoms with Crippen LogP contribution in [-0.2, 0) is 9.47 Å². The maximum absolute atomic E-state index is 5.78. The number of guanidine groups is 1. The minimum Gasteiger partial charge on any atom is -0.381 e. The summed E-state index contributed by atoms with van der Waals surface area (Å²) in [7, 11) is 1.82. The van der Waals surface area contributed by atoms with Crippen molar-refractivity contribution in [3.63, 3.8) is 0 Å². The van der Waals surface area contributed by atoms with Gasteiger partial charge in [-0.15, -0.1) is 0 Å². The Kier molecular flexibility index (Phi) is 11.9. The summed E-state index contributed by atoms with van der Waals surface area (Å²) < 4.78 is 11.1. The zero-order chi connectivity index (χ0) is 17.6. The maximum Gasteiger partial charge on any atom is 0.191 e. The predicted molar refractivity (Wildman–Crippen MR) is 101 cm³/mol. The monoisotopic (exact) mass is 342 g/mol. The first kappa shape index (κ1) is 21.2. The molecule has 1 aliphatic rings. The predicted octanol–water partition coefficient (Wildman–Crippen LogP) is 1.72. The molecular weight excluding hydrogens is 304 g/mol. The zero-order valence-corrected chi connectivity index (χ0v) is 16.1. The van der Waals surface area contributed by atoms with Gasteiger partial charge >= 0.3 is 0 Å². The topological polar surface area (TPSA) is 58.1 Å². The fourth-order valence-electron chi connectivity index (χ4n) is 2.99. The largest absolute Gasteiger partial charge is 0.381 e. The Balaban J connectivity index is 2.05. The molecule has 0 aromatic rings. The van der Waals surface area contributed by atoms with Crippen molar-refractivity contribution in [1.82, 2.24) is 15.5 Å². The second kappa shape index (κ2) is 13.4. The fourth-order valence-corrected chi connectivity index (χ4v) is 2.99. The Morgan fingerprint density at radius 3 is 2.58 bits per heavy atom. The van der Waals surface area contributed by atoms with Gasteiger partial charge in [0.25, 0.3) is 0 Å². The van der Waals surface area contributed by atoms with Crippen LogP contribution in [0.2, 0.25) is 0 Å². The van der Waals surface area contributed by atoms with Crippen molar-refractivity contribution in [2.45, 2.75) is 46.1 Å². The Hall–Kier alpha value is -0.850. The first-order chi connectivity index (χ1) is 11.7. The second-order valence-electron chi connectivity index (χ2n) is 6.43. The number of rotatable bonds is 11. The molecule has 0 radical (unpaired) electrons. The Morgan fingerprint density at radius 2 is 1.96 bits per heavy atom. The van der Waals surface area contributed by atoms with Crippen LogP contribution in [-0.4, -0.2) is 76.6 Å². The Labute approximate surface area is 148 Å². The molecule has 0 aromatic heterocycles. The van der Waals surface area contributed by atoms with E-state index >= 15 is 0 Å². The Morgan fingerprint density at radius 1 is 1.25 bits per heavy atom. The van der Waals surface area contributed by atoms with Crippen molar-refractivity contribution in [2.75, 3.05) is 59.7 Å². The van der Waals surface area contributed by atoms with Gasteiger partial charge in [-0.05, 0) is 45.2 Å². The summed E-state index contributed by atoms with van der Waals surface area (Å²) in [6, 6.07) is 0.501. The van der Waals surface area contributed by atoms with Gasteiger partial charge in [0.2, 0.25) is 0 Å². The van der Waals surface area contributed by atoms with Crippen LogP contribution in [0, 0.1) is 5.92 Å². The zero-order valence-electron chi connectivity index (χ0n) is 16.1. The minimum absolute atomic E-state index is 0.501. The molecule has 1 fully saturated rings. The van der Waals surface area contributed by atoms with Gasteiger partial charge in [-0.1, -0.05) is 13.8 Å². The van der Waals surface area contributed by atoms with Gasteiger partial charge in [-0.2, -0.15) is 0 Å². The molecule has 2 N–H and O–H groups in total. The fraction of sp³-hybridized carbons (Fsp3) is 0.944. The highest BCUT2D eigenvalue weighted by Gasteiger charge is 2.13. The van der Waals surface area contributed by atoms with E-state index in [-0.39, 0.29) is 0 Å². The number of aliphatic imine (C=N–C) groups is 1. The van der Waals surface area contributed by atoms with Crippen LogP contribution >= 0.6 is 0 Å². The van der Waals surface area contributed by atoms with Crippen LogP contribution in [0.5, 0.6) is 0 Å². The van der Waals surface area contributed by atoms with E-state index in [1.165, 1.54) is 0 Å². The average molecular weight is 343 g/mol. The molecule has 1 saturated heterocycles. The quantitative estimate of drug-likeness (QED) is 0.340. The highest BCUT2D eigenvalue weighted by Crippen LogP contribution is 2.14. The molecule has 1 heterocycles. The van der Waals surface area contributed by atoms with Gasteiger partial charge in [-0.3, -0.25) is 9.89 Å². The second-order valence-corrected chi connectivity index (χ2v) is 6.43. The van der Waals surface area contributed by atoms with Crippen molar-refractivity contribution in [3.05, 3.63) is 0 Å². The molecule has 6 nitrogen and oxygen atoms in total. The van der Waals surface area contributed by atoms with Gasteiger partial charge in [0, 0.05) is 52.6 Å². The molecule has 0 spiro atoms. The third-order valence-electron chi connectivity index (χ3n) is 4.68. The number of nitrogens with zero attached hydrogens (tertiary/aromatic N) is 2. The van der Waals surface area contributed by atoms with Crippen LogP contribution in [0.15, 0.2) is 4.99 Å². The lowest BCUT2D eigenvalue weighted by Crippen LogP contribution is -2.46. The summed E-state index contributed by atoms with van der Waals surface area (Å²) >= 11 is 0. The van der Waals surface area contributed by atoms with Crippen LogP contribution in [0.25, 0.3) is 0 Å². The molecule has 1 unspecified atom stereocenters. The lowest BCUT2D eigenvalue weighted by molar-refractivity contribution is 0.0203. The van der Waals surface area contributed by atoms with Gasteiger partial charge in [-0.25, -0.2) is 0 Å². The van der Waals surface area contributed by atoms with E-state index in [1.807, 2.05) is 7.05 Å². The number of likely N-dealkylation sites (N-methyl/N-ethyl adjacent to an activating group) is 1. The van der Waals surface area contributed by atoms with Crippen LogP contribution < -0.4 is 10.6 Å². The van der Waals surface area contributed by atoms with E-state index in [0.29, 0.717) is 12.0 Å². The highest BCUT2D eigenvalue weighted by atomic mass is 16.5. The maximum atomic E-state index is 5.78. The lowest BCUT2D eigenvalue weighted by atomic mass is 10.0. The molecule has 0 bridgehead atoms. The number of hydrogen-bond donors (Lipinski definition) is 2. The first-order valence-corrected chi connectivity index (χ1v) is 9.55. The summed E-state index contributed by atoms with van der Waals surface area (Å²) in [4.78, 5) is 6.72. The molecule has 142 valence electrons. The summed E-state index contributed by atoms with van der Waals surface area (Å²) in [5.74, 6) is 1.56. The van der Waals surface area contributed by atoms with Crippen molar-refractivity contribution >= 4 is 5.96 Å². The molecular formula is C18H38N4O2. The van der Waals surface area contributed by atoms with E-state index in [9.17, 15) is 0 Å². The molecule has 1 rings (SSSR count). The summed E-state index contributed by atoms with van der Waals surface area (Å²) in [5, 5.41) is 6.76. The SMILES string of the molecule is CCN(CC)C(C)CNC(=NC)NCCCOCC1CCOCC1. The summed E-state index contributed by atoms with van der Waals surface area (Å²) in [6.45, 7) is 14.1. The van der Waals surface area contributed by atoms with Crippen LogP contribution in [0.3, 0.4) is 0 Å². The van der Waals surface area contributed by atoms with Crippen molar-refractivity contribution in [3.8, 4) is 0 Å². The normalized spacial score (nSPS) is 18.0. The molecule has 1 aliphatic heterocycles. The van der Waals surface area contributed by atoms with Gasteiger partial charge in [0.1, 0.15) is 0 Å². The van der Waals surface area contributed by atoms with Crippen molar-refractivity contribution in [1.29, 1.82) is 0 Å². The van der Waals surface area contributed by atoms with E-state index in [2.05, 4.69) is 41.3 Å². The molecule has 0 aliphatic carbocycles. The number of ether oxygens (including phenoxy) is 2. The smallest absolute Gasteiger partial charge is 0.191 e. The minimum atomic E-state index is 0.501.